The molecular formula is C28H29N5O4S. The first kappa shape index (κ1) is 25.7. The number of carbonyl (C=O) groups is 1. The van der Waals surface area contributed by atoms with Gasteiger partial charge in [-0.25, -0.2) is 18.4 Å². The summed E-state index contributed by atoms with van der Waals surface area (Å²) in [7, 11) is -3.44. The third-order valence-corrected chi connectivity index (χ3v) is 8.03. The van der Waals surface area contributed by atoms with Crippen LogP contribution >= 0.6 is 0 Å². The maximum atomic E-state index is 12.7. The average Bonchev–Trinajstić information content (AvgIpc) is 3.40. The molecule has 5 rings (SSSR count). The zero-order valence-electron chi connectivity index (χ0n) is 21.3. The van der Waals surface area contributed by atoms with Crippen molar-refractivity contribution >= 4 is 32.5 Å². The second-order valence-electron chi connectivity index (χ2n) is 9.55. The van der Waals surface area contributed by atoms with Crippen molar-refractivity contribution in [2.45, 2.75) is 37.2 Å². The van der Waals surface area contributed by atoms with Crippen LogP contribution < -0.4 is 10.2 Å². The van der Waals surface area contributed by atoms with Gasteiger partial charge in [-0.15, -0.1) is 0 Å². The zero-order chi connectivity index (χ0) is 26.9. The lowest BCUT2D eigenvalue weighted by Crippen LogP contribution is -2.32. The van der Waals surface area contributed by atoms with Gasteiger partial charge in [0.15, 0.2) is 9.84 Å². The molecule has 0 bridgehead atoms. The summed E-state index contributed by atoms with van der Waals surface area (Å²) in [5, 5.41) is 13.4. The lowest BCUT2D eigenvalue weighted by atomic mass is 10.1. The molecule has 4 aromatic rings. The maximum Gasteiger partial charge on any atom is 0.251 e. The number of carbonyl (C=O) groups excluding carboxylic acids is 1. The summed E-state index contributed by atoms with van der Waals surface area (Å²) in [6.45, 7) is 2.83. The van der Waals surface area contributed by atoms with E-state index in [9.17, 15) is 18.3 Å². The molecule has 3 aromatic heterocycles. The van der Waals surface area contributed by atoms with E-state index in [1.165, 1.54) is 6.07 Å². The highest BCUT2D eigenvalue weighted by Gasteiger charge is 2.25. The minimum atomic E-state index is -3.44. The van der Waals surface area contributed by atoms with Gasteiger partial charge in [-0.2, -0.15) is 0 Å². The predicted molar refractivity (Wildman–Crippen MR) is 146 cm³/mol. The van der Waals surface area contributed by atoms with E-state index < -0.39 is 9.84 Å². The number of amides is 1. The second kappa shape index (κ2) is 10.5. The minimum Gasteiger partial charge on any atom is -0.394 e. The van der Waals surface area contributed by atoms with Crippen LogP contribution in [-0.2, 0) is 16.4 Å². The van der Waals surface area contributed by atoms with Crippen LogP contribution in [0.1, 0.15) is 34.5 Å². The molecule has 1 atom stereocenters. The van der Waals surface area contributed by atoms with Crippen molar-refractivity contribution in [1.82, 2.24) is 20.3 Å². The Bertz CT molecular complexity index is 1620. The van der Waals surface area contributed by atoms with Gasteiger partial charge in [0.25, 0.3) is 5.91 Å². The number of aliphatic hydroxyl groups excluding tert-OH is 1. The fourth-order valence-electron chi connectivity index (χ4n) is 4.76. The molecule has 0 saturated carbocycles. The van der Waals surface area contributed by atoms with Crippen molar-refractivity contribution in [2.75, 3.05) is 24.3 Å². The van der Waals surface area contributed by atoms with Gasteiger partial charge in [0.1, 0.15) is 5.82 Å². The van der Waals surface area contributed by atoms with Crippen LogP contribution in [0.5, 0.6) is 0 Å². The van der Waals surface area contributed by atoms with Gasteiger partial charge in [-0.1, -0.05) is 12.1 Å². The summed E-state index contributed by atoms with van der Waals surface area (Å²) >= 11 is 0. The number of nitrogens with one attached hydrogen (secondary N) is 1. The van der Waals surface area contributed by atoms with Gasteiger partial charge in [0.05, 0.1) is 46.7 Å². The highest BCUT2D eigenvalue weighted by atomic mass is 32.2. The molecule has 4 heterocycles. The Morgan fingerprint density at radius 2 is 1.92 bits per heavy atom. The summed E-state index contributed by atoms with van der Waals surface area (Å²) in [5.41, 5.74) is 3.66. The monoisotopic (exact) mass is 531 g/mol. The second-order valence-corrected chi connectivity index (χ2v) is 11.5. The van der Waals surface area contributed by atoms with Crippen LogP contribution in [0, 0.1) is 6.92 Å². The van der Waals surface area contributed by atoms with Crippen LogP contribution in [0.25, 0.3) is 22.3 Å². The van der Waals surface area contributed by atoms with Gasteiger partial charge in [0.2, 0.25) is 0 Å². The smallest absolute Gasteiger partial charge is 0.251 e. The fourth-order valence-corrected chi connectivity index (χ4v) is 5.76. The van der Waals surface area contributed by atoms with Gasteiger partial charge in [-0.3, -0.25) is 9.78 Å². The lowest BCUT2D eigenvalue weighted by molar-refractivity contribution is 0.0950. The molecule has 1 amide bonds. The molecule has 1 saturated heterocycles. The first-order valence-corrected chi connectivity index (χ1v) is 14.3. The molecule has 1 aromatic carbocycles. The number of benzene rings is 1. The molecule has 0 radical (unpaired) electrons. The summed E-state index contributed by atoms with van der Waals surface area (Å²) in [6, 6.07) is 16.2. The number of rotatable bonds is 7. The quantitative estimate of drug-likeness (QED) is 0.372. The van der Waals surface area contributed by atoms with Crippen LogP contribution in [0.2, 0.25) is 0 Å². The Balaban J connectivity index is 1.35. The number of anilines is 1. The Morgan fingerprint density at radius 1 is 1.11 bits per heavy atom. The Kier molecular flexibility index (Phi) is 7.09. The van der Waals surface area contributed by atoms with E-state index in [4.69, 9.17) is 9.97 Å². The Labute approximate surface area is 221 Å². The van der Waals surface area contributed by atoms with E-state index in [0.717, 1.165) is 48.1 Å². The van der Waals surface area contributed by atoms with E-state index in [1.54, 1.807) is 25.3 Å². The molecule has 10 heteroatoms. The fraction of sp³-hybridized carbons (Fsp3) is 0.286. The number of fused-ring (bicyclic) bond motifs is 1. The van der Waals surface area contributed by atoms with E-state index in [0.29, 0.717) is 17.0 Å². The van der Waals surface area contributed by atoms with Crippen LogP contribution in [-0.4, -0.2) is 59.8 Å². The highest BCUT2D eigenvalue weighted by Crippen LogP contribution is 2.27. The lowest BCUT2D eigenvalue weighted by Gasteiger charge is -2.24. The van der Waals surface area contributed by atoms with Crippen LogP contribution in [0.4, 0.5) is 5.82 Å². The normalized spacial score (nSPS) is 15.7. The van der Waals surface area contributed by atoms with Crippen molar-refractivity contribution in [1.29, 1.82) is 0 Å². The van der Waals surface area contributed by atoms with Crippen molar-refractivity contribution in [3.63, 3.8) is 0 Å². The van der Waals surface area contributed by atoms with Crippen molar-refractivity contribution in [3.05, 3.63) is 77.6 Å². The summed E-state index contributed by atoms with van der Waals surface area (Å²) in [4.78, 5) is 29.0. The number of hydrogen-bond acceptors (Lipinski definition) is 8. The van der Waals surface area contributed by atoms with Gasteiger partial charge in [-0.05, 0) is 67.8 Å². The summed E-state index contributed by atoms with van der Waals surface area (Å²) in [5.74, 6) is 0.442. The van der Waals surface area contributed by atoms with Crippen molar-refractivity contribution in [3.8, 4) is 11.4 Å². The Hall–Kier alpha value is -3.89. The van der Waals surface area contributed by atoms with E-state index >= 15 is 0 Å². The molecule has 0 unspecified atom stereocenters. The summed E-state index contributed by atoms with van der Waals surface area (Å²) in [6.07, 6.45) is 4.81. The van der Waals surface area contributed by atoms with Crippen molar-refractivity contribution < 1.29 is 18.3 Å². The minimum absolute atomic E-state index is 0.0871. The van der Waals surface area contributed by atoms with Gasteiger partial charge < -0.3 is 15.3 Å². The number of nitrogens with zero attached hydrogens (tertiary/aromatic N) is 4. The number of aryl methyl sites for hydroxylation is 1. The van der Waals surface area contributed by atoms with E-state index in [1.807, 2.05) is 36.4 Å². The third kappa shape index (κ3) is 5.36. The SMILES string of the molecule is Cc1ccc(C(=O)NCc2cc3nc(-c4cccc(N5CCC[C@@H]5CO)n4)ccc3cn2)cc1S(C)(=O)=O. The van der Waals surface area contributed by atoms with E-state index in [-0.39, 0.29) is 35.6 Å². The molecule has 1 aliphatic rings. The molecule has 38 heavy (non-hydrogen) atoms. The average molecular weight is 532 g/mol. The van der Waals surface area contributed by atoms with Gasteiger partial charge >= 0.3 is 0 Å². The number of aromatic nitrogens is 3. The number of sulfone groups is 1. The maximum absolute atomic E-state index is 12.7. The van der Waals surface area contributed by atoms with Crippen LogP contribution in [0.3, 0.4) is 0 Å². The Morgan fingerprint density at radius 3 is 2.71 bits per heavy atom. The molecule has 2 N–H and O–H groups in total. The van der Waals surface area contributed by atoms with E-state index in [2.05, 4.69) is 15.2 Å². The largest absolute Gasteiger partial charge is 0.394 e. The number of hydrogen-bond donors (Lipinski definition) is 2. The predicted octanol–water partition coefficient (Wildman–Crippen LogP) is 3.29. The molecule has 1 aliphatic heterocycles. The molecule has 0 spiro atoms. The molecular weight excluding hydrogens is 502 g/mol. The van der Waals surface area contributed by atoms with Crippen LogP contribution in [0.15, 0.2) is 65.7 Å². The molecule has 0 aliphatic carbocycles. The van der Waals surface area contributed by atoms with Gasteiger partial charge in [0, 0.05) is 29.9 Å². The third-order valence-electron chi connectivity index (χ3n) is 6.79. The van der Waals surface area contributed by atoms with Crippen molar-refractivity contribution in [2.24, 2.45) is 0 Å². The topological polar surface area (TPSA) is 125 Å². The molecule has 196 valence electrons. The first-order valence-electron chi connectivity index (χ1n) is 12.4. The standard InChI is InChI=1S/C28H29N5O4S/c1-18-8-9-19(13-26(18)38(2,36)37)28(35)30-16-21-14-25-20(15-29-21)10-11-24(31-25)23-6-3-7-27(32-23)33-12-4-5-22(33)17-34/h3,6-11,13-15,22,34H,4-5,12,16-17H2,1-2H3,(H,30,35)/t22-/m1/s1. The first-order chi connectivity index (χ1) is 18.2. The molecule has 1 fully saturated rings. The zero-order valence-corrected chi connectivity index (χ0v) is 22.1. The number of pyridine rings is 3. The number of aliphatic hydroxyl groups is 1. The molecule has 9 nitrogen and oxygen atoms in total. The highest BCUT2D eigenvalue weighted by molar-refractivity contribution is 7.90. The summed E-state index contributed by atoms with van der Waals surface area (Å²) < 4.78 is 24.0.